The van der Waals surface area contributed by atoms with Gasteiger partial charge in [0.25, 0.3) is 5.56 Å². The van der Waals surface area contributed by atoms with E-state index < -0.39 is 28.9 Å². The predicted octanol–water partition coefficient (Wildman–Crippen LogP) is 3.29. The number of nitrogens with zero attached hydrogens (tertiary/aromatic N) is 4. The van der Waals surface area contributed by atoms with Crippen LogP contribution < -0.4 is 16.0 Å². The van der Waals surface area contributed by atoms with Gasteiger partial charge in [-0.1, -0.05) is 18.2 Å². The van der Waals surface area contributed by atoms with Gasteiger partial charge in [-0.3, -0.25) is 9.36 Å². The minimum atomic E-state index is -1.10. The molecule has 0 aliphatic rings. The molecule has 4 rings (SSSR count). The third-order valence-electron chi connectivity index (χ3n) is 4.87. The molecule has 2 aromatic carbocycles. The zero-order chi connectivity index (χ0) is 22.1. The van der Waals surface area contributed by atoms with E-state index in [9.17, 15) is 18.4 Å². The first kappa shape index (κ1) is 20.5. The second kappa shape index (κ2) is 8.17. The Labute approximate surface area is 175 Å². The van der Waals surface area contributed by atoms with E-state index in [1.54, 1.807) is 18.4 Å². The van der Waals surface area contributed by atoms with Crippen LogP contribution in [0.15, 0.2) is 64.4 Å². The van der Waals surface area contributed by atoms with Gasteiger partial charge in [0.05, 0.1) is 18.6 Å². The van der Waals surface area contributed by atoms with Crippen molar-refractivity contribution >= 4 is 11.2 Å². The first-order valence-corrected chi connectivity index (χ1v) is 9.74. The summed E-state index contributed by atoms with van der Waals surface area (Å²) in [5.74, 6) is -1.45. The Morgan fingerprint density at radius 1 is 1.03 bits per heavy atom. The minimum Gasteiger partial charge on any atom is -0.492 e. The zero-order valence-electron chi connectivity index (χ0n) is 17.0. The Balaban J connectivity index is 1.83. The van der Waals surface area contributed by atoms with Gasteiger partial charge >= 0.3 is 5.69 Å². The predicted molar refractivity (Wildman–Crippen MR) is 112 cm³/mol. The SMILES string of the molecule is CC(C)n1c(=O)c2c(ncn2CCOc2ccccc2)n(-c2ccc(F)c(F)c2)c1=O. The lowest BCUT2D eigenvalue weighted by Gasteiger charge is -2.15. The van der Waals surface area contributed by atoms with Crippen molar-refractivity contribution in [2.24, 2.45) is 0 Å². The first-order chi connectivity index (χ1) is 14.9. The quantitative estimate of drug-likeness (QED) is 0.474. The van der Waals surface area contributed by atoms with Gasteiger partial charge in [0.1, 0.15) is 12.4 Å². The standard InChI is InChI=1S/C22H20F2N4O3/c1-14(2)27-21(29)19-20(28(22(27)30)15-8-9-17(23)18(24)12-15)25-13-26(19)10-11-31-16-6-4-3-5-7-16/h3-9,12-14H,10-11H2,1-2H3. The van der Waals surface area contributed by atoms with E-state index in [0.717, 1.165) is 21.3 Å². The summed E-state index contributed by atoms with van der Waals surface area (Å²) in [4.78, 5) is 30.4. The molecule has 0 N–H and O–H groups in total. The van der Waals surface area contributed by atoms with Crippen LogP contribution in [0.3, 0.4) is 0 Å². The summed E-state index contributed by atoms with van der Waals surface area (Å²) < 4.78 is 36.8. The normalized spacial score (nSPS) is 11.4. The number of halogens is 2. The Morgan fingerprint density at radius 2 is 1.77 bits per heavy atom. The van der Waals surface area contributed by atoms with Crippen LogP contribution in [0.2, 0.25) is 0 Å². The number of aromatic nitrogens is 4. The number of para-hydroxylation sites is 1. The Bertz CT molecular complexity index is 1360. The van der Waals surface area contributed by atoms with Crippen LogP contribution in [0.4, 0.5) is 8.78 Å². The highest BCUT2D eigenvalue weighted by atomic mass is 19.2. The van der Waals surface area contributed by atoms with Gasteiger partial charge in [0.15, 0.2) is 22.8 Å². The number of hydrogen-bond acceptors (Lipinski definition) is 4. The average molecular weight is 426 g/mol. The number of benzene rings is 2. The van der Waals surface area contributed by atoms with E-state index in [-0.39, 0.29) is 23.5 Å². The summed E-state index contributed by atoms with van der Waals surface area (Å²) in [5, 5.41) is 0. The van der Waals surface area contributed by atoms with Crippen molar-refractivity contribution in [2.75, 3.05) is 6.61 Å². The van der Waals surface area contributed by atoms with E-state index in [0.29, 0.717) is 12.3 Å². The summed E-state index contributed by atoms with van der Waals surface area (Å²) in [6.07, 6.45) is 1.43. The fourth-order valence-electron chi connectivity index (χ4n) is 3.41. The smallest absolute Gasteiger partial charge is 0.337 e. The van der Waals surface area contributed by atoms with E-state index in [1.165, 1.54) is 12.4 Å². The van der Waals surface area contributed by atoms with Crippen molar-refractivity contribution < 1.29 is 13.5 Å². The fourth-order valence-corrected chi connectivity index (χ4v) is 3.41. The Morgan fingerprint density at radius 3 is 2.45 bits per heavy atom. The lowest BCUT2D eigenvalue weighted by atomic mass is 10.3. The number of imidazole rings is 1. The van der Waals surface area contributed by atoms with Crippen molar-refractivity contribution in [3.05, 3.63) is 87.3 Å². The number of ether oxygens (including phenoxy) is 1. The average Bonchev–Trinajstić information content (AvgIpc) is 3.15. The molecule has 0 bridgehead atoms. The van der Waals surface area contributed by atoms with Crippen molar-refractivity contribution in [2.45, 2.75) is 26.4 Å². The highest BCUT2D eigenvalue weighted by Crippen LogP contribution is 2.17. The zero-order valence-corrected chi connectivity index (χ0v) is 17.0. The number of rotatable bonds is 6. The summed E-state index contributed by atoms with van der Waals surface area (Å²) in [6, 6.07) is 11.9. The maximum atomic E-state index is 13.9. The molecule has 2 aromatic heterocycles. The topological polar surface area (TPSA) is 71.0 Å². The second-order valence-electron chi connectivity index (χ2n) is 7.26. The lowest BCUT2D eigenvalue weighted by Crippen LogP contribution is -2.41. The highest BCUT2D eigenvalue weighted by molar-refractivity contribution is 5.72. The molecule has 160 valence electrons. The largest absolute Gasteiger partial charge is 0.492 e. The van der Waals surface area contributed by atoms with Gasteiger partial charge in [-0.2, -0.15) is 0 Å². The monoisotopic (exact) mass is 426 g/mol. The maximum Gasteiger partial charge on any atom is 0.337 e. The second-order valence-corrected chi connectivity index (χ2v) is 7.26. The third-order valence-corrected chi connectivity index (χ3v) is 4.87. The first-order valence-electron chi connectivity index (χ1n) is 9.74. The van der Waals surface area contributed by atoms with Gasteiger partial charge in [0, 0.05) is 12.1 Å². The van der Waals surface area contributed by atoms with E-state index >= 15 is 0 Å². The van der Waals surface area contributed by atoms with Crippen LogP contribution in [0.25, 0.3) is 16.9 Å². The summed E-state index contributed by atoms with van der Waals surface area (Å²) in [6.45, 7) is 3.96. The molecule has 2 heterocycles. The molecule has 0 amide bonds. The molecule has 7 nitrogen and oxygen atoms in total. The van der Waals surface area contributed by atoms with E-state index in [2.05, 4.69) is 4.98 Å². The lowest BCUT2D eigenvalue weighted by molar-refractivity contribution is 0.300. The molecule has 9 heteroatoms. The summed E-state index contributed by atoms with van der Waals surface area (Å²) in [7, 11) is 0. The van der Waals surface area contributed by atoms with Gasteiger partial charge in [-0.25, -0.2) is 23.1 Å². The molecular formula is C22H20F2N4O3. The molecule has 0 radical (unpaired) electrons. The molecule has 0 aliphatic carbocycles. The summed E-state index contributed by atoms with van der Waals surface area (Å²) >= 11 is 0. The van der Waals surface area contributed by atoms with Gasteiger partial charge in [-0.15, -0.1) is 0 Å². The highest BCUT2D eigenvalue weighted by Gasteiger charge is 2.21. The minimum absolute atomic E-state index is 0.0672. The van der Waals surface area contributed by atoms with Crippen LogP contribution in [-0.2, 0) is 6.54 Å². The Kier molecular flexibility index (Phi) is 5.41. The molecule has 0 spiro atoms. The Hall–Kier alpha value is -3.75. The van der Waals surface area contributed by atoms with Crippen molar-refractivity contribution in [3.8, 4) is 11.4 Å². The molecule has 0 saturated heterocycles. The molecule has 0 unspecified atom stereocenters. The molecule has 31 heavy (non-hydrogen) atoms. The van der Waals surface area contributed by atoms with Crippen molar-refractivity contribution in [1.29, 1.82) is 0 Å². The number of hydrogen-bond donors (Lipinski definition) is 0. The van der Waals surface area contributed by atoms with Gasteiger partial charge in [0.2, 0.25) is 0 Å². The fraction of sp³-hybridized carbons (Fsp3) is 0.227. The van der Waals surface area contributed by atoms with Gasteiger partial charge < -0.3 is 9.30 Å². The van der Waals surface area contributed by atoms with Crippen LogP contribution >= 0.6 is 0 Å². The van der Waals surface area contributed by atoms with Crippen LogP contribution in [0.1, 0.15) is 19.9 Å². The van der Waals surface area contributed by atoms with Gasteiger partial charge in [-0.05, 0) is 38.1 Å². The summed E-state index contributed by atoms with van der Waals surface area (Å²) in [5.41, 5.74) is -0.864. The van der Waals surface area contributed by atoms with E-state index in [4.69, 9.17) is 4.74 Å². The third kappa shape index (κ3) is 3.74. The van der Waals surface area contributed by atoms with Crippen LogP contribution in [0, 0.1) is 11.6 Å². The molecule has 0 atom stereocenters. The molecular weight excluding hydrogens is 406 g/mol. The van der Waals surface area contributed by atoms with Crippen molar-refractivity contribution in [1.82, 2.24) is 18.7 Å². The van der Waals surface area contributed by atoms with E-state index in [1.807, 2.05) is 30.3 Å². The van der Waals surface area contributed by atoms with Crippen molar-refractivity contribution in [3.63, 3.8) is 0 Å². The van der Waals surface area contributed by atoms with Crippen LogP contribution in [-0.4, -0.2) is 25.3 Å². The molecule has 0 fully saturated rings. The molecule has 0 saturated carbocycles. The molecule has 4 aromatic rings. The maximum absolute atomic E-state index is 13.9. The number of fused-ring (bicyclic) bond motifs is 1. The van der Waals surface area contributed by atoms with Crippen LogP contribution in [0.5, 0.6) is 5.75 Å². The molecule has 0 aliphatic heterocycles.